The van der Waals surface area contributed by atoms with Crippen LogP contribution in [0.25, 0.3) is 0 Å². The zero-order valence-electron chi connectivity index (χ0n) is 11.9. The average Bonchev–Trinajstić information content (AvgIpc) is 2.53. The van der Waals surface area contributed by atoms with Gasteiger partial charge in [0.1, 0.15) is 18.4 Å². The molecule has 0 bridgehead atoms. The molecule has 0 aliphatic heterocycles. The van der Waals surface area contributed by atoms with E-state index in [4.69, 9.17) is 25.2 Å². The van der Waals surface area contributed by atoms with E-state index in [2.05, 4.69) is 6.07 Å². The minimum atomic E-state index is 0.318. The topological polar surface area (TPSA) is 77.5 Å². The Labute approximate surface area is 123 Å². The number of benzene rings is 2. The Morgan fingerprint density at radius 2 is 1.71 bits per heavy atom. The van der Waals surface area contributed by atoms with Crippen LogP contribution >= 0.6 is 0 Å². The van der Waals surface area contributed by atoms with Gasteiger partial charge in [-0.2, -0.15) is 5.26 Å². The Bertz CT molecular complexity index is 678. The molecule has 21 heavy (non-hydrogen) atoms. The van der Waals surface area contributed by atoms with Crippen LogP contribution in [0.3, 0.4) is 0 Å². The largest absolute Gasteiger partial charge is 0.493 e. The highest BCUT2D eigenvalue weighted by Crippen LogP contribution is 2.28. The average molecular weight is 284 g/mol. The highest BCUT2D eigenvalue weighted by atomic mass is 16.5. The third kappa shape index (κ3) is 3.37. The van der Waals surface area contributed by atoms with Crippen LogP contribution in [-0.2, 0) is 6.61 Å². The number of nitrogen functional groups attached to an aromatic ring is 1. The van der Waals surface area contributed by atoms with Gasteiger partial charge in [-0.3, -0.25) is 0 Å². The predicted octanol–water partition coefficient (Wildman–Crippen LogP) is 2.74. The zero-order valence-corrected chi connectivity index (χ0v) is 11.9. The fraction of sp³-hybridized carbons (Fsp3) is 0.188. The van der Waals surface area contributed by atoms with Gasteiger partial charge in [0.2, 0.25) is 0 Å². The highest BCUT2D eigenvalue weighted by Gasteiger charge is 2.07. The van der Waals surface area contributed by atoms with Gasteiger partial charge < -0.3 is 19.9 Å². The van der Waals surface area contributed by atoms with E-state index < -0.39 is 0 Å². The zero-order chi connectivity index (χ0) is 15.2. The Kier molecular flexibility index (Phi) is 4.52. The van der Waals surface area contributed by atoms with Crippen molar-refractivity contribution in [1.29, 1.82) is 5.26 Å². The van der Waals surface area contributed by atoms with Crippen LogP contribution in [0.4, 0.5) is 5.69 Å². The van der Waals surface area contributed by atoms with Crippen molar-refractivity contribution < 1.29 is 14.2 Å². The summed E-state index contributed by atoms with van der Waals surface area (Å²) < 4.78 is 16.1. The van der Waals surface area contributed by atoms with Gasteiger partial charge in [0.25, 0.3) is 0 Å². The van der Waals surface area contributed by atoms with Crippen molar-refractivity contribution in [1.82, 2.24) is 0 Å². The van der Waals surface area contributed by atoms with Crippen LogP contribution in [0, 0.1) is 11.3 Å². The van der Waals surface area contributed by atoms with E-state index in [-0.39, 0.29) is 0 Å². The lowest BCUT2D eigenvalue weighted by atomic mass is 10.2. The van der Waals surface area contributed by atoms with Gasteiger partial charge in [-0.25, -0.2) is 0 Å². The first kappa shape index (κ1) is 14.5. The van der Waals surface area contributed by atoms with E-state index in [0.717, 1.165) is 5.56 Å². The number of rotatable bonds is 5. The SMILES string of the molecule is COc1ccc(COc2ccc(N)cc2C#N)cc1OC. The first-order valence-corrected chi connectivity index (χ1v) is 6.31. The van der Waals surface area contributed by atoms with Crippen molar-refractivity contribution in [2.45, 2.75) is 6.61 Å². The number of anilines is 1. The number of hydrogen-bond donors (Lipinski definition) is 1. The normalized spacial score (nSPS) is 9.76. The lowest BCUT2D eigenvalue weighted by Gasteiger charge is -2.11. The summed E-state index contributed by atoms with van der Waals surface area (Å²) in [6, 6.07) is 12.6. The number of methoxy groups -OCH3 is 2. The lowest BCUT2D eigenvalue weighted by Crippen LogP contribution is -1.99. The number of ether oxygens (including phenoxy) is 3. The molecule has 0 saturated carbocycles. The van der Waals surface area contributed by atoms with Crippen LogP contribution in [0.2, 0.25) is 0 Å². The summed E-state index contributed by atoms with van der Waals surface area (Å²) in [6.45, 7) is 0.318. The quantitative estimate of drug-likeness (QED) is 0.854. The molecule has 0 atom stereocenters. The maximum atomic E-state index is 9.07. The summed E-state index contributed by atoms with van der Waals surface area (Å²) in [5.74, 6) is 1.80. The summed E-state index contributed by atoms with van der Waals surface area (Å²) in [4.78, 5) is 0. The molecule has 0 amide bonds. The van der Waals surface area contributed by atoms with Gasteiger partial charge in [0, 0.05) is 5.69 Å². The van der Waals surface area contributed by atoms with Crippen LogP contribution in [0.1, 0.15) is 11.1 Å². The van der Waals surface area contributed by atoms with Crippen LogP contribution < -0.4 is 19.9 Å². The highest BCUT2D eigenvalue weighted by molar-refractivity contribution is 5.53. The smallest absolute Gasteiger partial charge is 0.161 e. The minimum Gasteiger partial charge on any atom is -0.493 e. The fourth-order valence-corrected chi connectivity index (χ4v) is 1.89. The number of nitrogens with zero attached hydrogens (tertiary/aromatic N) is 1. The van der Waals surface area contributed by atoms with Gasteiger partial charge in [-0.1, -0.05) is 6.07 Å². The molecule has 0 unspecified atom stereocenters. The molecule has 0 heterocycles. The molecule has 2 N–H and O–H groups in total. The molecule has 0 radical (unpaired) electrons. The van der Waals surface area contributed by atoms with Crippen LogP contribution in [0.5, 0.6) is 17.2 Å². The monoisotopic (exact) mass is 284 g/mol. The molecule has 2 rings (SSSR count). The van der Waals surface area contributed by atoms with Crippen molar-refractivity contribution in [2.24, 2.45) is 0 Å². The van der Waals surface area contributed by atoms with Gasteiger partial charge in [-0.05, 0) is 35.9 Å². The molecule has 2 aromatic carbocycles. The first-order chi connectivity index (χ1) is 10.2. The van der Waals surface area contributed by atoms with E-state index >= 15 is 0 Å². The molecule has 2 aromatic rings. The molecular weight excluding hydrogens is 268 g/mol. The molecule has 0 fully saturated rings. The second-order valence-electron chi connectivity index (χ2n) is 4.35. The molecule has 0 aliphatic carbocycles. The van der Waals surface area contributed by atoms with Gasteiger partial charge in [0.15, 0.2) is 11.5 Å². The Morgan fingerprint density at radius 3 is 2.38 bits per heavy atom. The third-order valence-electron chi connectivity index (χ3n) is 2.97. The van der Waals surface area contributed by atoms with Gasteiger partial charge in [-0.15, -0.1) is 0 Å². The third-order valence-corrected chi connectivity index (χ3v) is 2.97. The van der Waals surface area contributed by atoms with Crippen molar-refractivity contribution in [3.63, 3.8) is 0 Å². The predicted molar refractivity (Wildman–Crippen MR) is 79.4 cm³/mol. The standard InChI is InChI=1S/C16H16N2O3/c1-19-15-5-3-11(7-16(15)20-2)10-21-14-6-4-13(18)8-12(14)9-17/h3-8H,10,18H2,1-2H3. The fourth-order valence-electron chi connectivity index (χ4n) is 1.89. The van der Waals surface area contributed by atoms with Gasteiger partial charge >= 0.3 is 0 Å². The summed E-state index contributed by atoms with van der Waals surface area (Å²) in [7, 11) is 3.16. The number of nitriles is 1. The van der Waals surface area contributed by atoms with E-state index in [9.17, 15) is 0 Å². The summed E-state index contributed by atoms with van der Waals surface area (Å²) >= 11 is 0. The molecule has 0 saturated heterocycles. The maximum Gasteiger partial charge on any atom is 0.161 e. The second-order valence-corrected chi connectivity index (χ2v) is 4.35. The van der Waals surface area contributed by atoms with Crippen LogP contribution in [0.15, 0.2) is 36.4 Å². The summed E-state index contributed by atoms with van der Waals surface area (Å²) in [6.07, 6.45) is 0. The van der Waals surface area contributed by atoms with E-state index in [1.165, 1.54) is 0 Å². The Hall–Kier alpha value is -2.87. The molecule has 0 aromatic heterocycles. The number of nitrogens with two attached hydrogens (primary N) is 1. The molecular formula is C16H16N2O3. The maximum absolute atomic E-state index is 9.07. The van der Waals surface area contributed by atoms with Crippen molar-refractivity contribution in [3.05, 3.63) is 47.5 Å². The van der Waals surface area contributed by atoms with E-state index in [1.807, 2.05) is 18.2 Å². The molecule has 0 spiro atoms. The van der Waals surface area contributed by atoms with Crippen molar-refractivity contribution in [3.8, 4) is 23.3 Å². The molecule has 5 heteroatoms. The Balaban J connectivity index is 2.15. The van der Waals surface area contributed by atoms with Crippen molar-refractivity contribution >= 4 is 5.69 Å². The van der Waals surface area contributed by atoms with Gasteiger partial charge in [0.05, 0.1) is 19.8 Å². The summed E-state index contributed by atoms with van der Waals surface area (Å²) in [5.41, 5.74) is 7.50. The number of hydrogen-bond acceptors (Lipinski definition) is 5. The molecule has 5 nitrogen and oxygen atoms in total. The van der Waals surface area contributed by atoms with E-state index in [1.54, 1.807) is 32.4 Å². The second kappa shape index (κ2) is 6.53. The Morgan fingerprint density at radius 1 is 1.00 bits per heavy atom. The molecule has 0 aliphatic rings. The van der Waals surface area contributed by atoms with Crippen LogP contribution in [-0.4, -0.2) is 14.2 Å². The lowest BCUT2D eigenvalue weighted by molar-refractivity contribution is 0.303. The molecule has 108 valence electrons. The summed E-state index contributed by atoms with van der Waals surface area (Å²) in [5, 5.41) is 9.07. The van der Waals surface area contributed by atoms with Crippen molar-refractivity contribution in [2.75, 3.05) is 20.0 Å². The van der Waals surface area contributed by atoms with E-state index in [0.29, 0.717) is 35.1 Å². The first-order valence-electron chi connectivity index (χ1n) is 6.31. The minimum absolute atomic E-state index is 0.318.